The third kappa shape index (κ3) is 4.48. The van der Waals surface area contributed by atoms with Crippen molar-refractivity contribution in [2.45, 2.75) is 45.8 Å². The molecular weight excluding hydrogens is 430 g/mol. The molecule has 3 aromatic heterocycles. The number of aryl methyl sites for hydroxylation is 2. The first-order valence-electron chi connectivity index (χ1n) is 11.1. The van der Waals surface area contributed by atoms with Gasteiger partial charge in [0.15, 0.2) is 16.9 Å². The number of carbonyl (C=O) groups excluding carboxylic acids is 2. The van der Waals surface area contributed by atoms with E-state index in [1.54, 1.807) is 28.6 Å². The highest BCUT2D eigenvalue weighted by Crippen LogP contribution is 2.21. The number of furan rings is 1. The van der Waals surface area contributed by atoms with Crippen LogP contribution in [0.25, 0.3) is 11.2 Å². The second-order valence-corrected chi connectivity index (χ2v) is 8.18. The van der Waals surface area contributed by atoms with Crippen LogP contribution in [0.3, 0.4) is 0 Å². The number of nitrogens with one attached hydrogen (secondary N) is 1. The van der Waals surface area contributed by atoms with E-state index < -0.39 is 11.2 Å². The molecule has 11 heteroatoms. The summed E-state index contributed by atoms with van der Waals surface area (Å²) in [5.74, 6) is -0.225. The molecule has 0 unspecified atom stereocenters. The van der Waals surface area contributed by atoms with Crippen LogP contribution in [0.1, 0.15) is 49.0 Å². The molecule has 1 amide bonds. The molecule has 0 radical (unpaired) electrons. The first kappa shape index (κ1) is 22.6. The fourth-order valence-electron chi connectivity index (χ4n) is 4.07. The molecule has 0 aliphatic carbocycles. The highest BCUT2D eigenvalue weighted by molar-refractivity contribution is 5.91. The number of hydrogen-bond acceptors (Lipinski definition) is 7. The number of amides is 1. The van der Waals surface area contributed by atoms with Crippen LogP contribution in [0.15, 0.2) is 32.4 Å². The van der Waals surface area contributed by atoms with Gasteiger partial charge < -0.3 is 18.6 Å². The summed E-state index contributed by atoms with van der Waals surface area (Å²) in [5, 5.41) is 0. The molecule has 0 spiro atoms. The molecule has 1 fully saturated rings. The third-order valence-electron chi connectivity index (χ3n) is 6.03. The fourth-order valence-corrected chi connectivity index (χ4v) is 4.07. The van der Waals surface area contributed by atoms with Gasteiger partial charge in [-0.1, -0.05) is 13.3 Å². The van der Waals surface area contributed by atoms with Gasteiger partial charge >= 0.3 is 11.7 Å². The van der Waals surface area contributed by atoms with Crippen LogP contribution in [0.2, 0.25) is 0 Å². The molecule has 0 saturated carbocycles. The van der Waals surface area contributed by atoms with Crippen LogP contribution in [0.4, 0.5) is 0 Å². The third-order valence-corrected chi connectivity index (χ3v) is 6.03. The Morgan fingerprint density at radius 1 is 1.27 bits per heavy atom. The van der Waals surface area contributed by atoms with E-state index in [0.29, 0.717) is 38.3 Å². The van der Waals surface area contributed by atoms with Crippen LogP contribution >= 0.6 is 0 Å². The Labute approximate surface area is 189 Å². The lowest BCUT2D eigenvalue weighted by molar-refractivity contribution is -0.151. The Kier molecular flexibility index (Phi) is 6.47. The SMILES string of the molecule is CCCCn1c(=O)[nH]c(=O)c2c1nc(COC(=O)C1CCN(C(=O)c3ccco3)CC1)n2C. The molecule has 1 N–H and O–H groups in total. The highest BCUT2D eigenvalue weighted by Gasteiger charge is 2.30. The van der Waals surface area contributed by atoms with Gasteiger partial charge in [0.2, 0.25) is 0 Å². The lowest BCUT2D eigenvalue weighted by atomic mass is 9.97. The van der Waals surface area contributed by atoms with Gasteiger partial charge in [-0.15, -0.1) is 0 Å². The number of piperidine rings is 1. The monoisotopic (exact) mass is 457 g/mol. The number of rotatable bonds is 7. The Morgan fingerprint density at radius 3 is 2.70 bits per heavy atom. The van der Waals surface area contributed by atoms with Crippen LogP contribution in [-0.2, 0) is 29.7 Å². The minimum atomic E-state index is -0.524. The molecule has 3 aromatic rings. The smallest absolute Gasteiger partial charge is 0.330 e. The van der Waals surface area contributed by atoms with E-state index in [1.165, 1.54) is 10.8 Å². The van der Waals surface area contributed by atoms with Crippen molar-refractivity contribution in [3.63, 3.8) is 0 Å². The molecule has 11 nitrogen and oxygen atoms in total. The van der Waals surface area contributed by atoms with Gasteiger partial charge in [-0.3, -0.25) is 23.9 Å². The van der Waals surface area contributed by atoms with Crippen LogP contribution < -0.4 is 11.2 Å². The van der Waals surface area contributed by atoms with Crippen molar-refractivity contribution in [1.29, 1.82) is 0 Å². The maximum atomic E-state index is 12.6. The first-order valence-corrected chi connectivity index (χ1v) is 11.1. The summed E-state index contributed by atoms with van der Waals surface area (Å²) in [6, 6.07) is 3.28. The number of esters is 1. The van der Waals surface area contributed by atoms with Gasteiger partial charge in [0.25, 0.3) is 11.5 Å². The molecule has 0 atom stereocenters. The zero-order chi connectivity index (χ0) is 23.5. The van der Waals surface area contributed by atoms with Gasteiger partial charge in [0, 0.05) is 26.7 Å². The Hall–Kier alpha value is -3.63. The van der Waals surface area contributed by atoms with E-state index >= 15 is 0 Å². The second-order valence-electron chi connectivity index (χ2n) is 8.18. The number of hydrogen-bond donors (Lipinski definition) is 1. The number of nitrogens with zero attached hydrogens (tertiary/aromatic N) is 4. The second kappa shape index (κ2) is 9.47. The number of unbranched alkanes of at least 4 members (excludes halogenated alkanes) is 1. The molecule has 1 aliphatic rings. The van der Waals surface area contributed by atoms with E-state index in [0.717, 1.165) is 12.8 Å². The maximum absolute atomic E-state index is 12.6. The topological polar surface area (TPSA) is 132 Å². The number of likely N-dealkylation sites (tertiary alicyclic amines) is 1. The summed E-state index contributed by atoms with van der Waals surface area (Å²) in [6.07, 6.45) is 4.09. The van der Waals surface area contributed by atoms with Crippen molar-refractivity contribution < 1.29 is 18.7 Å². The summed E-state index contributed by atoms with van der Waals surface area (Å²) < 4.78 is 13.6. The number of fused-ring (bicyclic) bond motifs is 1. The van der Waals surface area contributed by atoms with E-state index in [1.807, 2.05) is 6.92 Å². The number of ether oxygens (including phenoxy) is 1. The van der Waals surface area contributed by atoms with Crippen molar-refractivity contribution in [3.8, 4) is 0 Å². The molecule has 33 heavy (non-hydrogen) atoms. The minimum Gasteiger partial charge on any atom is -0.459 e. The zero-order valence-corrected chi connectivity index (χ0v) is 18.7. The van der Waals surface area contributed by atoms with E-state index in [2.05, 4.69) is 9.97 Å². The molecule has 1 aliphatic heterocycles. The lowest BCUT2D eigenvalue weighted by Gasteiger charge is -2.30. The maximum Gasteiger partial charge on any atom is 0.330 e. The van der Waals surface area contributed by atoms with Crippen LogP contribution in [0, 0.1) is 5.92 Å². The zero-order valence-electron chi connectivity index (χ0n) is 18.7. The number of imidazole rings is 1. The van der Waals surface area contributed by atoms with E-state index in [-0.39, 0.29) is 41.3 Å². The van der Waals surface area contributed by atoms with Gasteiger partial charge in [-0.2, -0.15) is 0 Å². The number of H-pyrrole nitrogens is 1. The Balaban J connectivity index is 1.41. The molecule has 0 aromatic carbocycles. The minimum absolute atomic E-state index is 0.114. The molecule has 4 heterocycles. The molecule has 4 rings (SSSR count). The predicted octanol–water partition coefficient (Wildman–Crippen LogP) is 1.41. The number of aromatic nitrogens is 4. The quantitative estimate of drug-likeness (QED) is 0.531. The first-order chi connectivity index (χ1) is 15.9. The Morgan fingerprint density at radius 2 is 2.03 bits per heavy atom. The summed E-state index contributed by atoms with van der Waals surface area (Å²) >= 11 is 0. The largest absolute Gasteiger partial charge is 0.459 e. The van der Waals surface area contributed by atoms with Crippen LogP contribution in [0.5, 0.6) is 0 Å². The van der Waals surface area contributed by atoms with Gasteiger partial charge in [-0.05, 0) is 31.4 Å². The highest BCUT2D eigenvalue weighted by atomic mass is 16.5. The summed E-state index contributed by atoms with van der Waals surface area (Å²) in [5.41, 5.74) is -0.473. The molecule has 1 saturated heterocycles. The molecular formula is C22H27N5O6. The van der Waals surface area contributed by atoms with Crippen molar-refractivity contribution >= 4 is 23.0 Å². The van der Waals surface area contributed by atoms with E-state index in [9.17, 15) is 19.2 Å². The summed E-state index contributed by atoms with van der Waals surface area (Å²) in [6.45, 7) is 3.20. The standard InChI is InChI=1S/C22H27N5O6/c1-3-4-9-27-18-17(19(28)24-22(27)31)25(2)16(23-18)13-33-21(30)14-7-10-26(11-8-14)20(29)15-6-5-12-32-15/h5-6,12,14H,3-4,7-11,13H2,1-2H3,(H,24,28,31). The van der Waals surface area contributed by atoms with Crippen molar-refractivity contribution in [3.05, 3.63) is 50.8 Å². The Bertz CT molecular complexity index is 1260. The fraction of sp³-hybridized carbons (Fsp3) is 0.500. The average Bonchev–Trinajstić information content (AvgIpc) is 3.46. The van der Waals surface area contributed by atoms with Gasteiger partial charge in [-0.25, -0.2) is 9.78 Å². The normalized spacial score (nSPS) is 14.7. The molecule has 0 bridgehead atoms. The number of carbonyl (C=O) groups is 2. The lowest BCUT2D eigenvalue weighted by Crippen LogP contribution is -2.40. The van der Waals surface area contributed by atoms with Crippen molar-refractivity contribution in [1.82, 2.24) is 24.0 Å². The average molecular weight is 457 g/mol. The molecule has 176 valence electrons. The van der Waals surface area contributed by atoms with Gasteiger partial charge in [0.1, 0.15) is 12.4 Å². The van der Waals surface area contributed by atoms with Crippen molar-refractivity contribution in [2.75, 3.05) is 13.1 Å². The van der Waals surface area contributed by atoms with E-state index in [4.69, 9.17) is 9.15 Å². The summed E-state index contributed by atoms with van der Waals surface area (Å²) in [4.78, 5) is 58.0. The van der Waals surface area contributed by atoms with Gasteiger partial charge in [0.05, 0.1) is 12.2 Å². The van der Waals surface area contributed by atoms with Crippen LogP contribution in [-0.4, -0.2) is 49.0 Å². The summed E-state index contributed by atoms with van der Waals surface area (Å²) in [7, 11) is 1.65. The van der Waals surface area contributed by atoms with Crippen molar-refractivity contribution in [2.24, 2.45) is 13.0 Å². The predicted molar refractivity (Wildman–Crippen MR) is 118 cm³/mol. The number of aromatic amines is 1.